The molecular weight excluding hydrogens is 256 g/mol. The summed E-state index contributed by atoms with van der Waals surface area (Å²) in [5, 5.41) is 9.56. The minimum atomic E-state index is -0.961. The van der Waals surface area contributed by atoms with Gasteiger partial charge in [-0.1, -0.05) is 11.6 Å². The number of carbonyl (C=O) groups excluding carboxylic acids is 1. The molecule has 5 nitrogen and oxygen atoms in total. The monoisotopic (exact) mass is 268 g/mol. The van der Waals surface area contributed by atoms with Crippen molar-refractivity contribution in [1.29, 1.82) is 0 Å². The summed E-state index contributed by atoms with van der Waals surface area (Å²) in [4.78, 5) is 28.6. The van der Waals surface area contributed by atoms with Crippen molar-refractivity contribution in [2.45, 2.75) is 25.3 Å². The summed E-state index contributed by atoms with van der Waals surface area (Å²) in [6, 6.07) is 2.34. The molecule has 1 aliphatic rings. The number of aromatic nitrogens is 1. The number of aliphatic carboxylic acids is 1. The second kappa shape index (κ2) is 5.35. The zero-order chi connectivity index (χ0) is 13.1. The molecule has 0 unspecified atom stereocenters. The van der Waals surface area contributed by atoms with Gasteiger partial charge in [0.2, 0.25) is 0 Å². The van der Waals surface area contributed by atoms with E-state index in [-0.39, 0.29) is 11.6 Å². The molecule has 0 saturated carbocycles. The fraction of sp³-hybridized carbons (Fsp3) is 0.417. The van der Waals surface area contributed by atoms with E-state index in [9.17, 15) is 9.59 Å². The maximum atomic E-state index is 12.2. The largest absolute Gasteiger partial charge is 0.480 e. The van der Waals surface area contributed by atoms with E-state index in [1.807, 2.05) is 0 Å². The minimum absolute atomic E-state index is 0.229. The topological polar surface area (TPSA) is 70.5 Å². The molecule has 1 aromatic rings. The minimum Gasteiger partial charge on any atom is -0.480 e. The molecule has 96 valence electrons. The average molecular weight is 269 g/mol. The fourth-order valence-electron chi connectivity index (χ4n) is 2.08. The van der Waals surface area contributed by atoms with Crippen molar-refractivity contribution in [3.05, 3.63) is 29.0 Å². The normalized spacial score (nSPS) is 19.6. The fourth-order valence-corrected chi connectivity index (χ4v) is 2.19. The Hall–Kier alpha value is -1.62. The van der Waals surface area contributed by atoms with Gasteiger partial charge in [-0.3, -0.25) is 4.79 Å². The van der Waals surface area contributed by atoms with Crippen LogP contribution in [0.25, 0.3) is 0 Å². The Bertz CT molecular complexity index is 461. The van der Waals surface area contributed by atoms with Crippen LogP contribution >= 0.6 is 11.6 Å². The number of hydrogen-bond acceptors (Lipinski definition) is 3. The number of carboxylic acids is 1. The third-order valence-electron chi connectivity index (χ3n) is 3.00. The van der Waals surface area contributed by atoms with Gasteiger partial charge in [0.1, 0.15) is 11.7 Å². The summed E-state index contributed by atoms with van der Waals surface area (Å²) in [7, 11) is 0. The lowest BCUT2D eigenvalue weighted by Crippen LogP contribution is -2.48. The zero-order valence-corrected chi connectivity index (χ0v) is 10.4. The van der Waals surface area contributed by atoms with Crippen molar-refractivity contribution in [2.75, 3.05) is 6.54 Å². The highest BCUT2D eigenvalue weighted by atomic mass is 35.5. The van der Waals surface area contributed by atoms with Crippen LogP contribution in [0.3, 0.4) is 0 Å². The molecule has 1 fully saturated rings. The predicted octanol–water partition coefficient (Wildman–Crippen LogP) is 1.81. The molecule has 1 amide bonds. The van der Waals surface area contributed by atoms with E-state index in [1.54, 1.807) is 6.07 Å². The van der Waals surface area contributed by atoms with Gasteiger partial charge in [-0.05, 0) is 31.4 Å². The van der Waals surface area contributed by atoms with Gasteiger partial charge in [-0.15, -0.1) is 0 Å². The van der Waals surface area contributed by atoms with Gasteiger partial charge in [0, 0.05) is 12.7 Å². The molecule has 1 saturated heterocycles. The third kappa shape index (κ3) is 2.61. The molecule has 0 radical (unpaired) electrons. The molecule has 1 atom stereocenters. The van der Waals surface area contributed by atoms with Crippen molar-refractivity contribution in [3.63, 3.8) is 0 Å². The van der Waals surface area contributed by atoms with E-state index in [1.165, 1.54) is 17.2 Å². The van der Waals surface area contributed by atoms with Crippen LogP contribution < -0.4 is 0 Å². The van der Waals surface area contributed by atoms with Crippen LogP contribution in [0.1, 0.15) is 29.8 Å². The highest BCUT2D eigenvalue weighted by molar-refractivity contribution is 6.30. The number of hydrogen-bond donors (Lipinski definition) is 1. The molecule has 0 spiro atoms. The number of piperidine rings is 1. The van der Waals surface area contributed by atoms with E-state index in [4.69, 9.17) is 16.7 Å². The molecule has 0 aromatic carbocycles. The van der Waals surface area contributed by atoms with Gasteiger partial charge in [-0.2, -0.15) is 0 Å². The van der Waals surface area contributed by atoms with Gasteiger partial charge in [0.15, 0.2) is 0 Å². The first-order chi connectivity index (χ1) is 8.59. The molecule has 6 heteroatoms. The van der Waals surface area contributed by atoms with Crippen molar-refractivity contribution in [3.8, 4) is 0 Å². The molecule has 1 N–H and O–H groups in total. The lowest BCUT2D eigenvalue weighted by atomic mass is 10.0. The smallest absolute Gasteiger partial charge is 0.326 e. The number of pyridine rings is 1. The molecular formula is C12H13ClN2O3. The average Bonchev–Trinajstić information content (AvgIpc) is 2.39. The van der Waals surface area contributed by atoms with Gasteiger partial charge < -0.3 is 10.0 Å². The van der Waals surface area contributed by atoms with Crippen LogP contribution in [0.5, 0.6) is 0 Å². The van der Waals surface area contributed by atoms with E-state index in [0.29, 0.717) is 18.0 Å². The Labute approximate surface area is 109 Å². The third-order valence-corrected chi connectivity index (χ3v) is 3.22. The highest BCUT2D eigenvalue weighted by Gasteiger charge is 2.32. The van der Waals surface area contributed by atoms with Crippen LogP contribution in [-0.2, 0) is 4.79 Å². The molecule has 0 bridgehead atoms. The van der Waals surface area contributed by atoms with Crippen LogP contribution in [-0.4, -0.2) is 39.5 Å². The molecule has 2 rings (SSSR count). The number of nitrogens with zero attached hydrogens (tertiary/aromatic N) is 2. The van der Waals surface area contributed by atoms with Crippen LogP contribution in [0.15, 0.2) is 18.3 Å². The van der Waals surface area contributed by atoms with Gasteiger partial charge in [0.05, 0.1) is 5.02 Å². The maximum Gasteiger partial charge on any atom is 0.326 e. The quantitative estimate of drug-likeness (QED) is 0.888. The van der Waals surface area contributed by atoms with Crippen molar-refractivity contribution in [2.24, 2.45) is 0 Å². The van der Waals surface area contributed by atoms with Gasteiger partial charge in [0.25, 0.3) is 5.91 Å². The van der Waals surface area contributed by atoms with E-state index >= 15 is 0 Å². The first kappa shape index (κ1) is 12.8. The molecule has 1 aromatic heterocycles. The highest BCUT2D eigenvalue weighted by Crippen LogP contribution is 2.19. The summed E-state index contributed by atoms with van der Waals surface area (Å²) in [6.45, 7) is 0.458. The lowest BCUT2D eigenvalue weighted by Gasteiger charge is -2.32. The summed E-state index contributed by atoms with van der Waals surface area (Å²) in [6.07, 6.45) is 3.53. The number of halogens is 1. The molecule has 1 aliphatic heterocycles. The number of amides is 1. The number of carboxylic acid groups (broad SMARTS) is 1. The Balaban J connectivity index is 2.20. The van der Waals surface area contributed by atoms with Crippen LogP contribution in [0.4, 0.5) is 0 Å². The van der Waals surface area contributed by atoms with Crippen molar-refractivity contribution < 1.29 is 14.7 Å². The van der Waals surface area contributed by atoms with Crippen LogP contribution in [0.2, 0.25) is 5.02 Å². The zero-order valence-electron chi connectivity index (χ0n) is 9.67. The first-order valence-corrected chi connectivity index (χ1v) is 6.12. The molecule has 18 heavy (non-hydrogen) atoms. The summed E-state index contributed by atoms with van der Waals surface area (Å²) in [5.74, 6) is -1.31. The molecule has 0 aliphatic carbocycles. The van der Waals surface area contributed by atoms with Gasteiger partial charge in [-0.25, -0.2) is 9.78 Å². The van der Waals surface area contributed by atoms with E-state index in [0.717, 1.165) is 12.8 Å². The summed E-state index contributed by atoms with van der Waals surface area (Å²) in [5.41, 5.74) is 0.229. The number of carbonyl (C=O) groups is 2. The SMILES string of the molecule is O=C(O)[C@H]1CCCCN1C(=O)c1ccc(Cl)cn1. The van der Waals surface area contributed by atoms with Crippen molar-refractivity contribution in [1.82, 2.24) is 9.88 Å². The Morgan fingerprint density at radius 3 is 2.78 bits per heavy atom. The number of rotatable bonds is 2. The molecule has 2 heterocycles. The Kier molecular flexibility index (Phi) is 3.81. The first-order valence-electron chi connectivity index (χ1n) is 5.75. The summed E-state index contributed by atoms with van der Waals surface area (Å²) >= 11 is 5.70. The summed E-state index contributed by atoms with van der Waals surface area (Å²) < 4.78 is 0. The Morgan fingerprint density at radius 2 is 2.17 bits per heavy atom. The second-order valence-corrected chi connectivity index (χ2v) is 4.65. The predicted molar refractivity (Wildman–Crippen MR) is 65.6 cm³/mol. The van der Waals surface area contributed by atoms with E-state index in [2.05, 4.69) is 4.98 Å². The second-order valence-electron chi connectivity index (χ2n) is 4.21. The van der Waals surface area contributed by atoms with E-state index < -0.39 is 12.0 Å². The van der Waals surface area contributed by atoms with Gasteiger partial charge >= 0.3 is 5.97 Å². The lowest BCUT2D eigenvalue weighted by molar-refractivity contribution is -0.143. The number of likely N-dealkylation sites (tertiary alicyclic amines) is 1. The van der Waals surface area contributed by atoms with Crippen molar-refractivity contribution >= 4 is 23.5 Å². The van der Waals surface area contributed by atoms with Crippen LogP contribution in [0, 0.1) is 0 Å². The Morgan fingerprint density at radius 1 is 1.39 bits per heavy atom. The standard InChI is InChI=1S/C12H13ClN2O3/c13-8-4-5-9(14-7-8)11(16)15-6-2-1-3-10(15)12(17)18/h4-5,7,10H,1-3,6H2,(H,17,18)/t10-/m1/s1. The maximum absolute atomic E-state index is 12.2.